The summed E-state index contributed by atoms with van der Waals surface area (Å²) < 4.78 is 0.826. The van der Waals surface area contributed by atoms with Crippen molar-refractivity contribution < 1.29 is 9.59 Å². The van der Waals surface area contributed by atoms with E-state index in [2.05, 4.69) is 35.8 Å². The maximum Gasteiger partial charge on any atom is 0.253 e. The van der Waals surface area contributed by atoms with Gasteiger partial charge in [0.05, 0.1) is 23.1 Å². The molecule has 1 aliphatic rings. The van der Waals surface area contributed by atoms with Gasteiger partial charge in [-0.2, -0.15) is 4.98 Å². The van der Waals surface area contributed by atoms with E-state index in [4.69, 9.17) is 23.8 Å². The largest absolute Gasteiger partial charge is 0.355 e. The molecule has 0 spiro atoms. The maximum absolute atomic E-state index is 13.2. The number of para-hydroxylation sites is 1. The highest BCUT2D eigenvalue weighted by Gasteiger charge is 2.24. The molecule has 2 aromatic heterocycles. The van der Waals surface area contributed by atoms with E-state index in [0.29, 0.717) is 65.5 Å². The van der Waals surface area contributed by atoms with Gasteiger partial charge in [0, 0.05) is 56.4 Å². The third-order valence-corrected chi connectivity index (χ3v) is 8.51. The fourth-order valence-electron chi connectivity index (χ4n) is 4.38. The molecule has 1 aliphatic heterocycles. The van der Waals surface area contributed by atoms with E-state index in [9.17, 15) is 9.59 Å². The van der Waals surface area contributed by atoms with Gasteiger partial charge in [-0.1, -0.05) is 53.8 Å². The Hall–Kier alpha value is -4.26. The summed E-state index contributed by atoms with van der Waals surface area (Å²) in [5.41, 5.74) is 3.30. The molecular formula is C30H29ClN8O2S2. The second-order valence-electron chi connectivity index (χ2n) is 9.50. The number of carbonyl (C=O) groups excluding carboxylic acids is 2. The van der Waals surface area contributed by atoms with Crippen molar-refractivity contribution in [1.82, 2.24) is 30.1 Å². The Morgan fingerprint density at radius 1 is 0.930 bits per heavy atom. The average Bonchev–Trinajstić information content (AvgIpc) is 3.05. The van der Waals surface area contributed by atoms with Crippen molar-refractivity contribution in [1.29, 1.82) is 0 Å². The number of nitrogens with zero attached hydrogens (tertiary/aromatic N) is 5. The van der Waals surface area contributed by atoms with Gasteiger partial charge in [-0.25, -0.2) is 4.98 Å². The summed E-state index contributed by atoms with van der Waals surface area (Å²) in [6.07, 6.45) is 3.26. The van der Waals surface area contributed by atoms with E-state index >= 15 is 0 Å². The molecule has 2 aromatic carbocycles. The van der Waals surface area contributed by atoms with Gasteiger partial charge in [0.2, 0.25) is 5.95 Å². The standard InChI is InChI=1S/C30H29ClN8O2S2/c1-32-27(40)23-7-2-3-8-25(23)36-26-24(31)18-34-29(37-26)35-21-11-9-20(10-12-21)28(41)38-14-16-39(17-15-38)30(42)43-19-22-6-4-5-13-33-22/h2-13,18H,14-17,19H2,1H3,(H,32,40)(H2,34,35,36,37). The fraction of sp³-hybridized carbons (Fsp3) is 0.200. The molecule has 2 amide bonds. The number of nitrogens with one attached hydrogen (secondary N) is 3. The zero-order valence-electron chi connectivity index (χ0n) is 23.3. The molecule has 0 aliphatic carbocycles. The Labute approximate surface area is 264 Å². The fourth-order valence-corrected chi connectivity index (χ4v) is 5.68. The van der Waals surface area contributed by atoms with Crippen molar-refractivity contribution in [3.05, 3.63) is 101 Å². The van der Waals surface area contributed by atoms with Crippen LogP contribution >= 0.6 is 35.6 Å². The normalized spacial score (nSPS) is 12.9. The number of rotatable bonds is 8. The lowest BCUT2D eigenvalue weighted by Crippen LogP contribution is -2.49. The van der Waals surface area contributed by atoms with Crippen LogP contribution in [0.25, 0.3) is 0 Å². The van der Waals surface area contributed by atoms with Crippen LogP contribution in [0.1, 0.15) is 26.4 Å². The van der Waals surface area contributed by atoms with Crippen molar-refractivity contribution in [3.63, 3.8) is 0 Å². The van der Waals surface area contributed by atoms with Crippen molar-refractivity contribution in [2.45, 2.75) is 5.75 Å². The molecule has 3 heterocycles. The number of carbonyl (C=O) groups is 2. The highest BCUT2D eigenvalue weighted by atomic mass is 35.5. The summed E-state index contributed by atoms with van der Waals surface area (Å²) in [5.74, 6) is 1.11. The lowest BCUT2D eigenvalue weighted by molar-refractivity contribution is 0.0694. The molecule has 0 saturated carbocycles. The van der Waals surface area contributed by atoms with Crippen LogP contribution in [0, 0.1) is 0 Å². The maximum atomic E-state index is 13.2. The number of hydrogen-bond donors (Lipinski definition) is 3. The molecule has 4 aromatic rings. The molecule has 220 valence electrons. The molecular weight excluding hydrogens is 604 g/mol. The Bertz CT molecular complexity index is 1600. The monoisotopic (exact) mass is 632 g/mol. The van der Waals surface area contributed by atoms with Crippen LogP contribution in [0.2, 0.25) is 5.02 Å². The third kappa shape index (κ3) is 7.78. The average molecular weight is 633 g/mol. The van der Waals surface area contributed by atoms with E-state index in [1.165, 1.54) is 6.20 Å². The quantitative estimate of drug-likeness (QED) is 0.220. The van der Waals surface area contributed by atoms with E-state index < -0.39 is 0 Å². The first-order valence-electron chi connectivity index (χ1n) is 13.5. The Morgan fingerprint density at radius 3 is 2.37 bits per heavy atom. The Morgan fingerprint density at radius 2 is 1.65 bits per heavy atom. The lowest BCUT2D eigenvalue weighted by atomic mass is 10.1. The minimum absolute atomic E-state index is 0.0257. The molecule has 0 atom stereocenters. The van der Waals surface area contributed by atoms with Gasteiger partial charge in [-0.3, -0.25) is 14.6 Å². The summed E-state index contributed by atoms with van der Waals surface area (Å²) in [5, 5.41) is 9.18. The van der Waals surface area contributed by atoms with Crippen molar-refractivity contribution in [2.24, 2.45) is 0 Å². The topological polar surface area (TPSA) is 115 Å². The molecule has 0 unspecified atom stereocenters. The number of pyridine rings is 1. The number of thioether (sulfide) groups is 1. The van der Waals surface area contributed by atoms with Gasteiger partial charge in [-0.15, -0.1) is 0 Å². The smallest absolute Gasteiger partial charge is 0.253 e. The van der Waals surface area contributed by atoms with Gasteiger partial charge in [-0.05, 0) is 48.5 Å². The molecule has 0 bridgehead atoms. The molecule has 43 heavy (non-hydrogen) atoms. The highest BCUT2D eigenvalue weighted by molar-refractivity contribution is 8.22. The molecule has 1 fully saturated rings. The van der Waals surface area contributed by atoms with Crippen LogP contribution in [0.15, 0.2) is 79.1 Å². The number of aromatic nitrogens is 3. The van der Waals surface area contributed by atoms with E-state index in [1.54, 1.807) is 67.5 Å². The predicted octanol–water partition coefficient (Wildman–Crippen LogP) is 5.35. The van der Waals surface area contributed by atoms with Crippen molar-refractivity contribution >= 4 is 74.9 Å². The number of amides is 2. The minimum Gasteiger partial charge on any atom is -0.355 e. The lowest BCUT2D eigenvalue weighted by Gasteiger charge is -2.36. The van der Waals surface area contributed by atoms with E-state index in [0.717, 1.165) is 15.8 Å². The van der Waals surface area contributed by atoms with E-state index in [-0.39, 0.29) is 11.8 Å². The summed E-state index contributed by atoms with van der Waals surface area (Å²) in [6, 6.07) is 20.1. The van der Waals surface area contributed by atoms with E-state index in [1.807, 2.05) is 29.2 Å². The number of hydrogen-bond acceptors (Lipinski definition) is 9. The van der Waals surface area contributed by atoms with Crippen molar-refractivity contribution in [2.75, 3.05) is 43.9 Å². The number of thiocarbonyl (C=S) groups is 1. The first-order chi connectivity index (χ1) is 20.9. The second kappa shape index (κ2) is 14.3. The Balaban J connectivity index is 1.16. The predicted molar refractivity (Wildman–Crippen MR) is 175 cm³/mol. The zero-order valence-corrected chi connectivity index (χ0v) is 25.7. The number of anilines is 4. The second-order valence-corrected chi connectivity index (χ2v) is 11.5. The first-order valence-corrected chi connectivity index (χ1v) is 15.3. The molecule has 3 N–H and O–H groups in total. The molecule has 1 saturated heterocycles. The summed E-state index contributed by atoms with van der Waals surface area (Å²) in [4.78, 5) is 42.5. The van der Waals surface area contributed by atoms with Crippen molar-refractivity contribution in [3.8, 4) is 0 Å². The van der Waals surface area contributed by atoms with Gasteiger partial charge in [0.1, 0.15) is 9.34 Å². The third-order valence-electron chi connectivity index (χ3n) is 6.68. The van der Waals surface area contributed by atoms with Gasteiger partial charge in [0.15, 0.2) is 5.82 Å². The van der Waals surface area contributed by atoms with Crippen LogP contribution in [0.4, 0.5) is 23.1 Å². The van der Waals surface area contributed by atoms with Crippen LogP contribution in [-0.4, -0.2) is 74.1 Å². The summed E-state index contributed by atoms with van der Waals surface area (Å²) >= 11 is 13.6. The zero-order chi connectivity index (χ0) is 30.2. The molecule has 5 rings (SSSR count). The summed E-state index contributed by atoms with van der Waals surface area (Å²) in [6.45, 7) is 2.58. The minimum atomic E-state index is -0.234. The molecule has 0 radical (unpaired) electrons. The molecule has 10 nitrogen and oxygen atoms in total. The number of piperazine rings is 1. The SMILES string of the molecule is CNC(=O)c1ccccc1Nc1nc(Nc2ccc(C(=O)N3CCN(C(=S)SCc4ccccn4)CC3)cc2)ncc1Cl. The van der Waals surface area contributed by atoms with Gasteiger partial charge >= 0.3 is 0 Å². The van der Waals surface area contributed by atoms with Crippen LogP contribution < -0.4 is 16.0 Å². The van der Waals surface area contributed by atoms with Crippen LogP contribution in [0.5, 0.6) is 0 Å². The summed E-state index contributed by atoms with van der Waals surface area (Å²) in [7, 11) is 1.57. The van der Waals surface area contributed by atoms with Crippen LogP contribution in [0.3, 0.4) is 0 Å². The first kappa shape index (κ1) is 30.2. The Kier molecular flexibility index (Phi) is 10.0. The van der Waals surface area contributed by atoms with Crippen LogP contribution in [-0.2, 0) is 5.75 Å². The number of halogens is 1. The highest BCUT2D eigenvalue weighted by Crippen LogP contribution is 2.27. The number of benzene rings is 2. The molecule has 13 heteroatoms. The van der Waals surface area contributed by atoms with Gasteiger partial charge < -0.3 is 25.8 Å². The van der Waals surface area contributed by atoms with Gasteiger partial charge in [0.25, 0.3) is 11.8 Å².